The van der Waals surface area contributed by atoms with E-state index in [1.54, 1.807) is 0 Å². The predicted molar refractivity (Wildman–Crippen MR) is 105 cm³/mol. The molecule has 0 radical (unpaired) electrons. The average Bonchev–Trinajstić information content (AvgIpc) is 2.85. The normalized spacial score (nSPS) is 16.1. The minimum atomic E-state index is 0.105. The van der Waals surface area contributed by atoms with Gasteiger partial charge < -0.3 is 4.90 Å². The predicted octanol–water partition coefficient (Wildman–Crippen LogP) is 3.84. The Morgan fingerprint density at radius 1 is 1.19 bits per heavy atom. The molecule has 3 rings (SSSR count). The van der Waals surface area contributed by atoms with E-state index < -0.39 is 0 Å². The van der Waals surface area contributed by atoms with Crippen LogP contribution in [-0.4, -0.2) is 52.1 Å². The Kier molecular flexibility index (Phi) is 5.99. The summed E-state index contributed by atoms with van der Waals surface area (Å²) in [5, 5.41) is 8.08. The van der Waals surface area contributed by atoms with Crippen molar-refractivity contribution in [2.24, 2.45) is 0 Å². The summed E-state index contributed by atoms with van der Waals surface area (Å²) >= 11 is 5.97. The minimum absolute atomic E-state index is 0.105. The highest BCUT2D eigenvalue weighted by Gasteiger charge is 2.26. The van der Waals surface area contributed by atoms with Crippen molar-refractivity contribution >= 4 is 17.5 Å². The Labute approximate surface area is 160 Å². The lowest BCUT2D eigenvalue weighted by Crippen LogP contribution is -2.35. The zero-order valence-electron chi connectivity index (χ0n) is 15.8. The van der Waals surface area contributed by atoms with Crippen LogP contribution in [0.3, 0.4) is 0 Å². The van der Waals surface area contributed by atoms with E-state index in [-0.39, 0.29) is 11.8 Å². The van der Waals surface area contributed by atoms with Gasteiger partial charge in [-0.15, -0.1) is 0 Å². The quantitative estimate of drug-likeness (QED) is 0.884. The molecule has 6 heteroatoms. The van der Waals surface area contributed by atoms with Crippen LogP contribution in [0.15, 0.2) is 24.3 Å². The lowest BCUT2D eigenvalue weighted by molar-refractivity contribution is 0.0759. The molecule has 5 nitrogen and oxygen atoms in total. The van der Waals surface area contributed by atoms with Gasteiger partial charge in [0.1, 0.15) is 0 Å². The number of hydrogen-bond donors (Lipinski definition) is 1. The Bertz CT molecular complexity index is 754. The first-order chi connectivity index (χ1) is 12.5. The van der Waals surface area contributed by atoms with Gasteiger partial charge in [-0.25, -0.2) is 0 Å². The number of carbonyl (C=O) groups excluding carboxylic acids is 1. The van der Waals surface area contributed by atoms with E-state index in [9.17, 15) is 4.79 Å². The highest BCUT2D eigenvalue weighted by molar-refractivity contribution is 6.30. The fraction of sp³-hybridized carbons (Fsp3) is 0.500. The number of amides is 1. The molecule has 140 valence electrons. The van der Waals surface area contributed by atoms with Crippen molar-refractivity contribution in [1.29, 1.82) is 0 Å². The van der Waals surface area contributed by atoms with Gasteiger partial charge in [-0.05, 0) is 37.0 Å². The molecule has 1 aliphatic rings. The third-order valence-corrected chi connectivity index (χ3v) is 5.18. The monoisotopic (exact) mass is 374 g/mol. The van der Waals surface area contributed by atoms with Gasteiger partial charge in [0.15, 0.2) is 0 Å². The molecule has 0 spiro atoms. The molecule has 1 aromatic carbocycles. The number of nitrogens with one attached hydrogen (secondary N) is 1. The molecular formula is C20H27ClN4O. The Morgan fingerprint density at radius 3 is 2.62 bits per heavy atom. The number of aryl methyl sites for hydroxylation is 1. The zero-order chi connectivity index (χ0) is 18.7. The highest BCUT2D eigenvalue weighted by atomic mass is 35.5. The van der Waals surface area contributed by atoms with Crippen molar-refractivity contribution < 1.29 is 4.79 Å². The molecular weight excluding hydrogens is 348 g/mol. The smallest absolute Gasteiger partial charge is 0.257 e. The molecule has 0 aliphatic carbocycles. The Hall–Kier alpha value is -1.85. The van der Waals surface area contributed by atoms with Gasteiger partial charge in [0.25, 0.3) is 5.91 Å². The Balaban J connectivity index is 1.66. The van der Waals surface area contributed by atoms with E-state index in [4.69, 9.17) is 11.6 Å². The van der Waals surface area contributed by atoms with Gasteiger partial charge >= 0.3 is 0 Å². The maximum absolute atomic E-state index is 13.1. The lowest BCUT2D eigenvalue weighted by atomic mass is 10.0. The number of halogens is 1. The molecule has 1 aromatic heterocycles. The van der Waals surface area contributed by atoms with Crippen molar-refractivity contribution in [2.75, 3.05) is 26.2 Å². The molecule has 1 amide bonds. The first kappa shape index (κ1) is 18.9. The van der Waals surface area contributed by atoms with Crippen LogP contribution in [-0.2, 0) is 6.54 Å². The van der Waals surface area contributed by atoms with Crippen LogP contribution in [0.1, 0.15) is 53.5 Å². The molecule has 2 aromatic rings. The van der Waals surface area contributed by atoms with Crippen LogP contribution < -0.4 is 0 Å². The third-order valence-electron chi connectivity index (χ3n) is 4.93. The van der Waals surface area contributed by atoms with Crippen molar-refractivity contribution in [1.82, 2.24) is 20.0 Å². The standard InChI is InChI=1S/C20H27ClN4O/c1-14(2)19-18(15(3)22-23-19)20(26)25-10-4-9-24(11-12-25)13-16-5-7-17(21)8-6-16/h5-8,14H,4,9-13H2,1-3H3,(H,22,23). The first-order valence-corrected chi connectivity index (χ1v) is 9.64. The fourth-order valence-electron chi connectivity index (χ4n) is 3.47. The number of hydrogen-bond acceptors (Lipinski definition) is 3. The summed E-state index contributed by atoms with van der Waals surface area (Å²) in [7, 11) is 0. The van der Waals surface area contributed by atoms with Gasteiger partial charge in [0, 0.05) is 43.4 Å². The molecule has 1 N–H and O–H groups in total. The summed E-state index contributed by atoms with van der Waals surface area (Å²) in [6, 6.07) is 8.00. The Morgan fingerprint density at radius 2 is 1.92 bits per heavy atom. The van der Waals surface area contributed by atoms with Crippen molar-refractivity contribution in [3.05, 3.63) is 51.8 Å². The maximum atomic E-state index is 13.1. The van der Waals surface area contributed by atoms with Gasteiger partial charge in [-0.2, -0.15) is 5.10 Å². The van der Waals surface area contributed by atoms with Crippen LogP contribution in [0.25, 0.3) is 0 Å². The lowest BCUT2D eigenvalue weighted by Gasteiger charge is -2.22. The zero-order valence-corrected chi connectivity index (χ0v) is 16.5. The number of aromatic nitrogens is 2. The average molecular weight is 375 g/mol. The van der Waals surface area contributed by atoms with Crippen molar-refractivity contribution in [3.8, 4) is 0 Å². The van der Waals surface area contributed by atoms with Gasteiger partial charge in [-0.3, -0.25) is 14.8 Å². The molecule has 26 heavy (non-hydrogen) atoms. The summed E-state index contributed by atoms with van der Waals surface area (Å²) in [6.45, 7) is 10.4. The molecule has 1 saturated heterocycles. The number of benzene rings is 1. The number of nitrogens with zero attached hydrogens (tertiary/aromatic N) is 3. The topological polar surface area (TPSA) is 52.2 Å². The molecule has 1 aliphatic heterocycles. The molecule has 0 bridgehead atoms. The number of rotatable bonds is 4. The van der Waals surface area contributed by atoms with E-state index in [1.165, 1.54) is 5.56 Å². The number of carbonyl (C=O) groups is 1. The molecule has 0 unspecified atom stereocenters. The summed E-state index contributed by atoms with van der Waals surface area (Å²) in [5.74, 6) is 0.334. The van der Waals surface area contributed by atoms with Crippen LogP contribution in [0.2, 0.25) is 5.02 Å². The van der Waals surface area contributed by atoms with Gasteiger partial charge in [0.05, 0.1) is 11.3 Å². The fourth-order valence-corrected chi connectivity index (χ4v) is 3.60. The summed E-state index contributed by atoms with van der Waals surface area (Å²) in [6.07, 6.45) is 0.979. The van der Waals surface area contributed by atoms with Crippen LogP contribution in [0.4, 0.5) is 0 Å². The summed E-state index contributed by atoms with van der Waals surface area (Å²) < 4.78 is 0. The van der Waals surface area contributed by atoms with E-state index in [0.29, 0.717) is 0 Å². The van der Waals surface area contributed by atoms with Crippen LogP contribution in [0.5, 0.6) is 0 Å². The second-order valence-electron chi connectivity index (χ2n) is 7.31. The van der Waals surface area contributed by atoms with Crippen LogP contribution >= 0.6 is 11.6 Å². The third kappa shape index (κ3) is 4.27. The second kappa shape index (κ2) is 8.23. The molecule has 2 heterocycles. The van der Waals surface area contributed by atoms with Crippen LogP contribution in [0, 0.1) is 6.92 Å². The van der Waals surface area contributed by atoms with Crippen molar-refractivity contribution in [3.63, 3.8) is 0 Å². The molecule has 0 saturated carbocycles. The minimum Gasteiger partial charge on any atom is -0.337 e. The van der Waals surface area contributed by atoms with Crippen molar-refractivity contribution in [2.45, 2.75) is 39.7 Å². The summed E-state index contributed by atoms with van der Waals surface area (Å²) in [5.41, 5.74) is 3.74. The highest BCUT2D eigenvalue weighted by Crippen LogP contribution is 2.22. The van der Waals surface area contributed by atoms with E-state index >= 15 is 0 Å². The van der Waals surface area contributed by atoms with Gasteiger partial charge in [0.2, 0.25) is 0 Å². The molecule has 0 atom stereocenters. The maximum Gasteiger partial charge on any atom is 0.257 e. The largest absolute Gasteiger partial charge is 0.337 e. The van der Waals surface area contributed by atoms with E-state index in [2.05, 4.69) is 41.1 Å². The van der Waals surface area contributed by atoms with E-state index in [0.717, 1.165) is 61.1 Å². The second-order valence-corrected chi connectivity index (χ2v) is 7.75. The van der Waals surface area contributed by atoms with Gasteiger partial charge in [-0.1, -0.05) is 37.6 Å². The molecule has 1 fully saturated rings. The van der Waals surface area contributed by atoms with E-state index in [1.807, 2.05) is 24.0 Å². The summed E-state index contributed by atoms with van der Waals surface area (Å²) in [4.78, 5) is 17.5. The SMILES string of the molecule is Cc1[nH]nc(C(C)C)c1C(=O)N1CCCN(Cc2ccc(Cl)cc2)CC1. The number of H-pyrrole nitrogens is 1. The number of aromatic amines is 1. The first-order valence-electron chi connectivity index (χ1n) is 9.26.